The third-order valence-corrected chi connectivity index (χ3v) is 2.67. The smallest absolute Gasteiger partial charge is 0.0986 e. The quantitative estimate of drug-likeness (QED) is 0.687. The van der Waals surface area contributed by atoms with Crippen LogP contribution < -0.4 is 10.6 Å². The van der Waals surface area contributed by atoms with Crippen molar-refractivity contribution in [2.24, 2.45) is 0 Å². The van der Waals surface area contributed by atoms with Crippen molar-refractivity contribution in [3.8, 4) is 0 Å². The topological polar surface area (TPSA) is 24.1 Å². The zero-order chi connectivity index (χ0) is 10.2. The Bertz CT molecular complexity index is 346. The van der Waals surface area contributed by atoms with Crippen molar-refractivity contribution in [1.29, 1.82) is 0 Å². The Hall–Kier alpha value is -0.930. The van der Waals surface area contributed by atoms with E-state index in [1.807, 2.05) is 18.2 Å². The summed E-state index contributed by atoms with van der Waals surface area (Å²) in [6, 6.07) is 10.4. The molecule has 1 saturated heterocycles. The minimum Gasteiger partial charge on any atom is -0.361 e. The summed E-state index contributed by atoms with van der Waals surface area (Å²) in [7, 11) is 0. The zero-order valence-corrected chi connectivity index (χ0v) is 9.19. The van der Waals surface area contributed by atoms with Crippen LogP contribution in [0.4, 0.5) is 0 Å². The Labute approximate surface area is 89.7 Å². The summed E-state index contributed by atoms with van der Waals surface area (Å²) in [6.45, 7) is 4.17. The van der Waals surface area contributed by atoms with Gasteiger partial charge in [-0.2, -0.15) is 0 Å². The molecular formula is C11H14N2S. The Kier molecular flexibility index (Phi) is 2.29. The minimum absolute atomic E-state index is 0.0996. The van der Waals surface area contributed by atoms with E-state index in [1.54, 1.807) is 0 Å². The van der Waals surface area contributed by atoms with Crippen molar-refractivity contribution in [1.82, 2.24) is 10.6 Å². The highest BCUT2D eigenvalue weighted by Gasteiger charge is 2.33. The van der Waals surface area contributed by atoms with Crippen molar-refractivity contribution >= 4 is 17.2 Å². The molecule has 0 bridgehead atoms. The van der Waals surface area contributed by atoms with Crippen LogP contribution >= 0.6 is 12.2 Å². The average molecular weight is 206 g/mol. The van der Waals surface area contributed by atoms with Crippen molar-refractivity contribution in [3.63, 3.8) is 0 Å². The third-order valence-electron chi connectivity index (χ3n) is 2.34. The monoisotopic (exact) mass is 206 g/mol. The number of nitrogens with one attached hydrogen (secondary N) is 2. The first-order valence-corrected chi connectivity index (χ1v) is 5.14. The van der Waals surface area contributed by atoms with Gasteiger partial charge in [-0.3, -0.25) is 5.32 Å². The van der Waals surface area contributed by atoms with E-state index in [2.05, 4.69) is 36.6 Å². The predicted octanol–water partition coefficient (Wildman–Crippen LogP) is 1.98. The molecule has 1 atom stereocenters. The van der Waals surface area contributed by atoms with E-state index >= 15 is 0 Å². The summed E-state index contributed by atoms with van der Waals surface area (Å²) in [5, 5.41) is 6.71. The van der Waals surface area contributed by atoms with Gasteiger partial charge < -0.3 is 5.32 Å². The highest BCUT2D eigenvalue weighted by atomic mass is 32.1. The van der Waals surface area contributed by atoms with Gasteiger partial charge in [0.2, 0.25) is 0 Å². The molecule has 74 valence electrons. The van der Waals surface area contributed by atoms with Crippen molar-refractivity contribution < 1.29 is 0 Å². The van der Waals surface area contributed by atoms with E-state index in [9.17, 15) is 0 Å². The fourth-order valence-electron chi connectivity index (χ4n) is 1.72. The van der Waals surface area contributed by atoms with Crippen LogP contribution in [0.2, 0.25) is 0 Å². The van der Waals surface area contributed by atoms with Gasteiger partial charge in [-0.1, -0.05) is 42.5 Å². The van der Waals surface area contributed by atoms with Gasteiger partial charge in [0.1, 0.15) is 0 Å². The SMILES string of the molecule is CC1(C)NC(=S)C(c2ccccc2)N1. The number of hydrogen-bond donors (Lipinski definition) is 2. The molecule has 1 aliphatic rings. The van der Waals surface area contributed by atoms with E-state index in [1.165, 1.54) is 5.56 Å². The lowest BCUT2D eigenvalue weighted by atomic mass is 10.1. The molecule has 0 aliphatic carbocycles. The molecule has 14 heavy (non-hydrogen) atoms. The first-order chi connectivity index (χ1) is 6.58. The van der Waals surface area contributed by atoms with Crippen LogP contribution in [0.15, 0.2) is 30.3 Å². The number of thiocarbonyl (C=S) groups is 1. The van der Waals surface area contributed by atoms with E-state index in [4.69, 9.17) is 12.2 Å². The first kappa shape index (κ1) is 9.62. The molecule has 0 amide bonds. The van der Waals surface area contributed by atoms with E-state index in [0.29, 0.717) is 0 Å². The van der Waals surface area contributed by atoms with Gasteiger partial charge >= 0.3 is 0 Å². The van der Waals surface area contributed by atoms with Crippen LogP contribution in [0.1, 0.15) is 25.5 Å². The molecule has 2 rings (SSSR count). The largest absolute Gasteiger partial charge is 0.361 e. The van der Waals surface area contributed by atoms with Crippen molar-refractivity contribution in [2.75, 3.05) is 0 Å². The highest BCUT2D eigenvalue weighted by Crippen LogP contribution is 2.22. The Balaban J connectivity index is 2.26. The third kappa shape index (κ3) is 1.79. The van der Waals surface area contributed by atoms with Gasteiger partial charge in [0, 0.05) is 0 Å². The molecule has 1 aromatic rings. The van der Waals surface area contributed by atoms with Gasteiger partial charge in [-0.15, -0.1) is 0 Å². The number of benzene rings is 1. The Morgan fingerprint density at radius 3 is 2.36 bits per heavy atom. The van der Waals surface area contributed by atoms with Crippen molar-refractivity contribution in [3.05, 3.63) is 35.9 Å². The summed E-state index contributed by atoms with van der Waals surface area (Å²) in [5.41, 5.74) is 1.12. The normalized spacial score (nSPS) is 24.7. The number of hydrogen-bond acceptors (Lipinski definition) is 2. The molecule has 1 heterocycles. The lowest BCUT2D eigenvalue weighted by Gasteiger charge is -2.19. The summed E-state index contributed by atoms with van der Waals surface area (Å²) >= 11 is 5.30. The molecular weight excluding hydrogens is 192 g/mol. The van der Waals surface area contributed by atoms with E-state index < -0.39 is 0 Å². The molecule has 0 radical (unpaired) electrons. The molecule has 2 nitrogen and oxygen atoms in total. The van der Waals surface area contributed by atoms with Gasteiger partial charge in [-0.05, 0) is 19.4 Å². The second-order valence-electron chi connectivity index (χ2n) is 4.10. The standard InChI is InChI=1S/C11H14N2S/c1-11(2)12-9(10(14)13-11)8-6-4-3-5-7-8/h3-7,9,12H,1-2H3,(H,13,14). The number of rotatable bonds is 1. The molecule has 0 spiro atoms. The summed E-state index contributed by atoms with van der Waals surface area (Å²) < 4.78 is 0. The second-order valence-corrected chi connectivity index (χ2v) is 4.54. The fraction of sp³-hybridized carbons (Fsp3) is 0.364. The van der Waals surface area contributed by atoms with Gasteiger partial charge in [0.05, 0.1) is 16.7 Å². The highest BCUT2D eigenvalue weighted by molar-refractivity contribution is 7.80. The maximum Gasteiger partial charge on any atom is 0.0986 e. The molecule has 0 aromatic heterocycles. The zero-order valence-electron chi connectivity index (χ0n) is 8.37. The Morgan fingerprint density at radius 1 is 1.21 bits per heavy atom. The maximum absolute atomic E-state index is 5.30. The van der Waals surface area contributed by atoms with E-state index in [-0.39, 0.29) is 11.7 Å². The fourth-order valence-corrected chi connectivity index (χ4v) is 2.17. The first-order valence-electron chi connectivity index (χ1n) is 4.73. The molecule has 1 aromatic carbocycles. The molecule has 1 unspecified atom stereocenters. The molecule has 0 saturated carbocycles. The lowest BCUT2D eigenvalue weighted by molar-refractivity contribution is 0.398. The summed E-state index contributed by atoms with van der Waals surface area (Å²) in [6.07, 6.45) is 0. The maximum atomic E-state index is 5.30. The van der Waals surface area contributed by atoms with Crippen LogP contribution in [-0.4, -0.2) is 10.7 Å². The Morgan fingerprint density at radius 2 is 1.86 bits per heavy atom. The minimum atomic E-state index is -0.0996. The summed E-state index contributed by atoms with van der Waals surface area (Å²) in [4.78, 5) is 0.876. The van der Waals surface area contributed by atoms with Crippen LogP contribution in [0, 0.1) is 0 Å². The average Bonchev–Trinajstić information content (AvgIpc) is 2.41. The van der Waals surface area contributed by atoms with Crippen LogP contribution in [0.3, 0.4) is 0 Å². The molecule has 3 heteroatoms. The van der Waals surface area contributed by atoms with Gasteiger partial charge in [0.25, 0.3) is 0 Å². The van der Waals surface area contributed by atoms with Crippen LogP contribution in [0.5, 0.6) is 0 Å². The lowest BCUT2D eigenvalue weighted by Crippen LogP contribution is -2.43. The van der Waals surface area contributed by atoms with Gasteiger partial charge in [-0.25, -0.2) is 0 Å². The van der Waals surface area contributed by atoms with Crippen molar-refractivity contribution in [2.45, 2.75) is 25.6 Å². The molecule has 1 aliphatic heterocycles. The van der Waals surface area contributed by atoms with E-state index in [0.717, 1.165) is 4.99 Å². The van der Waals surface area contributed by atoms with Gasteiger partial charge in [0.15, 0.2) is 0 Å². The molecule has 2 N–H and O–H groups in total. The second kappa shape index (κ2) is 3.33. The predicted molar refractivity (Wildman–Crippen MR) is 62.1 cm³/mol. The molecule has 1 fully saturated rings. The van der Waals surface area contributed by atoms with Crippen LogP contribution in [0.25, 0.3) is 0 Å². The summed E-state index contributed by atoms with van der Waals surface area (Å²) in [5.74, 6) is 0. The van der Waals surface area contributed by atoms with Crippen LogP contribution in [-0.2, 0) is 0 Å².